The Labute approximate surface area is 174 Å². The van der Waals surface area contributed by atoms with Crippen molar-refractivity contribution in [3.8, 4) is 0 Å². The van der Waals surface area contributed by atoms with E-state index >= 15 is 0 Å². The first-order chi connectivity index (χ1) is 12.6. The summed E-state index contributed by atoms with van der Waals surface area (Å²) < 4.78 is 0.808. The first kappa shape index (κ1) is 23.4. The van der Waals surface area contributed by atoms with Gasteiger partial charge in [-0.15, -0.1) is 0 Å². The lowest BCUT2D eigenvalue weighted by Crippen LogP contribution is -2.54. The summed E-state index contributed by atoms with van der Waals surface area (Å²) in [6.07, 6.45) is 0.779. The molecular weight excluding hydrogens is 434 g/mol. The number of hydrogen-bond acceptors (Lipinski definition) is 3. The maximum absolute atomic E-state index is 13.0. The van der Waals surface area contributed by atoms with Gasteiger partial charge in [-0.2, -0.15) is 0 Å². The molecule has 0 fully saturated rings. The van der Waals surface area contributed by atoms with E-state index in [1.165, 1.54) is 18.9 Å². The van der Waals surface area contributed by atoms with E-state index in [2.05, 4.69) is 26.6 Å². The van der Waals surface area contributed by atoms with Gasteiger partial charge >= 0.3 is 0 Å². The summed E-state index contributed by atoms with van der Waals surface area (Å²) in [7, 11) is 3.11. The highest BCUT2D eigenvalue weighted by Gasteiger charge is 2.32. The van der Waals surface area contributed by atoms with E-state index < -0.39 is 12.1 Å². The third-order valence-corrected chi connectivity index (χ3v) is 5.18. The number of rotatable bonds is 8. The average molecular weight is 461 g/mol. The molecule has 0 bridgehead atoms. The Balaban J connectivity index is 3.13. The highest BCUT2D eigenvalue weighted by atomic mass is 79.9. The number of likely N-dealkylation sites (N-methyl/N-ethyl adjacent to an activating group) is 2. The van der Waals surface area contributed by atoms with E-state index in [0.717, 1.165) is 10.0 Å². The lowest BCUT2D eigenvalue weighted by Gasteiger charge is -2.31. The molecule has 0 spiro atoms. The number of halogens is 2. The van der Waals surface area contributed by atoms with Gasteiger partial charge in [0.1, 0.15) is 12.1 Å². The highest BCUT2D eigenvalue weighted by molar-refractivity contribution is 9.10. The van der Waals surface area contributed by atoms with Crippen LogP contribution in [0.5, 0.6) is 0 Å². The highest BCUT2D eigenvalue weighted by Crippen LogP contribution is 2.24. The van der Waals surface area contributed by atoms with Crippen LogP contribution >= 0.6 is 27.5 Å². The van der Waals surface area contributed by atoms with Crippen molar-refractivity contribution < 1.29 is 14.4 Å². The predicted octanol–water partition coefficient (Wildman–Crippen LogP) is 2.77. The minimum atomic E-state index is -0.735. The van der Waals surface area contributed by atoms with Gasteiger partial charge in [0, 0.05) is 36.9 Å². The topological polar surface area (TPSA) is 78.5 Å². The summed E-state index contributed by atoms with van der Waals surface area (Å²) in [5.74, 6) is -0.661. The van der Waals surface area contributed by atoms with Gasteiger partial charge in [-0.25, -0.2) is 0 Å². The maximum atomic E-state index is 13.0. The summed E-state index contributed by atoms with van der Waals surface area (Å²) in [5, 5.41) is 5.85. The normalized spacial score (nSPS) is 13.0. The Kier molecular flexibility index (Phi) is 9.26. The first-order valence-corrected chi connectivity index (χ1v) is 9.93. The Morgan fingerprint density at radius 1 is 1.26 bits per heavy atom. The molecule has 0 unspecified atom stereocenters. The summed E-state index contributed by atoms with van der Waals surface area (Å²) in [5.41, 5.74) is 0.815. The molecule has 0 aliphatic heterocycles. The van der Waals surface area contributed by atoms with E-state index in [1.54, 1.807) is 25.2 Å². The molecule has 0 saturated heterocycles. The molecule has 0 aliphatic rings. The first-order valence-electron chi connectivity index (χ1n) is 8.76. The summed E-state index contributed by atoms with van der Waals surface area (Å²) in [6, 6.07) is 3.90. The van der Waals surface area contributed by atoms with Crippen molar-refractivity contribution in [2.45, 2.75) is 45.7 Å². The molecule has 6 nitrogen and oxygen atoms in total. The van der Waals surface area contributed by atoms with E-state index in [4.69, 9.17) is 11.6 Å². The molecule has 0 heterocycles. The van der Waals surface area contributed by atoms with Crippen LogP contribution < -0.4 is 10.6 Å². The van der Waals surface area contributed by atoms with Gasteiger partial charge in [-0.05, 0) is 36.1 Å². The number of carbonyl (C=O) groups is 3. The lowest BCUT2D eigenvalue weighted by atomic mass is 9.99. The van der Waals surface area contributed by atoms with Crippen LogP contribution in [-0.2, 0) is 20.8 Å². The molecule has 1 aromatic rings. The third kappa shape index (κ3) is 7.14. The van der Waals surface area contributed by atoms with Gasteiger partial charge < -0.3 is 15.5 Å². The van der Waals surface area contributed by atoms with Gasteiger partial charge in [-0.1, -0.05) is 41.4 Å². The third-order valence-electron chi connectivity index (χ3n) is 4.17. The van der Waals surface area contributed by atoms with Crippen LogP contribution in [-0.4, -0.2) is 48.8 Å². The number of nitrogens with zero attached hydrogens (tertiary/aromatic N) is 1. The lowest BCUT2D eigenvalue weighted by molar-refractivity contribution is -0.141. The molecule has 0 aliphatic carbocycles. The number of benzene rings is 1. The zero-order valence-electron chi connectivity index (χ0n) is 16.3. The molecule has 150 valence electrons. The smallest absolute Gasteiger partial charge is 0.245 e. The fourth-order valence-corrected chi connectivity index (χ4v) is 3.42. The molecule has 2 atom stereocenters. The minimum Gasteiger partial charge on any atom is -0.357 e. The van der Waals surface area contributed by atoms with Crippen LogP contribution in [0.4, 0.5) is 0 Å². The van der Waals surface area contributed by atoms with Crippen LogP contribution in [0, 0.1) is 5.92 Å². The van der Waals surface area contributed by atoms with Crippen LogP contribution in [0.2, 0.25) is 5.02 Å². The number of amides is 3. The second-order valence-electron chi connectivity index (χ2n) is 6.90. The molecule has 0 radical (unpaired) electrons. The van der Waals surface area contributed by atoms with Crippen LogP contribution in [0.1, 0.15) is 32.8 Å². The van der Waals surface area contributed by atoms with Crippen molar-refractivity contribution in [3.63, 3.8) is 0 Å². The number of hydrogen-bond donors (Lipinski definition) is 2. The quantitative estimate of drug-likeness (QED) is 0.626. The largest absolute Gasteiger partial charge is 0.357 e. The molecule has 0 aromatic heterocycles. The maximum Gasteiger partial charge on any atom is 0.245 e. The zero-order valence-corrected chi connectivity index (χ0v) is 18.6. The van der Waals surface area contributed by atoms with Crippen molar-refractivity contribution in [2.24, 2.45) is 5.92 Å². The molecule has 3 amide bonds. The molecule has 8 heteroatoms. The van der Waals surface area contributed by atoms with Crippen molar-refractivity contribution in [1.29, 1.82) is 0 Å². The molecule has 1 rings (SSSR count). The van der Waals surface area contributed by atoms with Gasteiger partial charge in [0.25, 0.3) is 0 Å². The standard InChI is InChI=1S/C19H27BrClN3O3/c1-11(2)8-16(23-12(3)25)19(27)24(5)17(18(26)22-4)10-13-9-14(21)6-7-15(13)20/h6-7,9,11,16-17H,8,10H2,1-5H3,(H,22,26)(H,23,25)/t16-,17-/m0/s1. The summed E-state index contributed by atoms with van der Waals surface area (Å²) >= 11 is 9.53. The Bertz CT molecular complexity index is 697. The van der Waals surface area contributed by atoms with Gasteiger partial charge in [0.05, 0.1) is 0 Å². The van der Waals surface area contributed by atoms with E-state index in [1.807, 2.05) is 13.8 Å². The van der Waals surface area contributed by atoms with E-state index in [9.17, 15) is 14.4 Å². The second kappa shape index (κ2) is 10.7. The number of nitrogens with one attached hydrogen (secondary N) is 2. The van der Waals surface area contributed by atoms with Crippen molar-refractivity contribution >= 4 is 45.3 Å². The monoisotopic (exact) mass is 459 g/mol. The summed E-state index contributed by atoms with van der Waals surface area (Å²) in [6.45, 7) is 5.32. The molecule has 2 N–H and O–H groups in total. The zero-order chi connectivity index (χ0) is 20.7. The van der Waals surface area contributed by atoms with Crippen molar-refractivity contribution in [3.05, 3.63) is 33.3 Å². The predicted molar refractivity (Wildman–Crippen MR) is 111 cm³/mol. The van der Waals surface area contributed by atoms with E-state index in [-0.39, 0.29) is 30.1 Å². The molecule has 0 saturated carbocycles. The molecule has 27 heavy (non-hydrogen) atoms. The number of carbonyl (C=O) groups excluding carboxylic acids is 3. The SMILES string of the molecule is CNC(=O)[C@H](Cc1cc(Cl)ccc1Br)N(C)C(=O)[C@H](CC(C)C)NC(C)=O. The fourth-order valence-electron chi connectivity index (χ4n) is 2.82. The Hall–Kier alpha value is -1.60. The molecule has 1 aromatic carbocycles. The van der Waals surface area contributed by atoms with Crippen LogP contribution in [0.3, 0.4) is 0 Å². The Morgan fingerprint density at radius 2 is 1.89 bits per heavy atom. The fraction of sp³-hybridized carbons (Fsp3) is 0.526. The Morgan fingerprint density at radius 3 is 2.41 bits per heavy atom. The van der Waals surface area contributed by atoms with Gasteiger partial charge in [0.15, 0.2) is 0 Å². The van der Waals surface area contributed by atoms with Crippen molar-refractivity contribution in [1.82, 2.24) is 15.5 Å². The van der Waals surface area contributed by atoms with Crippen LogP contribution in [0.25, 0.3) is 0 Å². The van der Waals surface area contributed by atoms with Gasteiger partial charge in [-0.3, -0.25) is 14.4 Å². The summed E-state index contributed by atoms with van der Waals surface area (Å²) in [4.78, 5) is 38.4. The minimum absolute atomic E-state index is 0.208. The van der Waals surface area contributed by atoms with Crippen LogP contribution in [0.15, 0.2) is 22.7 Å². The van der Waals surface area contributed by atoms with E-state index in [0.29, 0.717) is 11.4 Å². The second-order valence-corrected chi connectivity index (χ2v) is 8.19. The van der Waals surface area contributed by atoms with Gasteiger partial charge in [0.2, 0.25) is 17.7 Å². The molecular formula is C19H27BrClN3O3. The van der Waals surface area contributed by atoms with Crippen molar-refractivity contribution in [2.75, 3.05) is 14.1 Å². The average Bonchev–Trinajstić information content (AvgIpc) is 2.59.